The summed E-state index contributed by atoms with van der Waals surface area (Å²) in [6.45, 7) is 1.41. The van der Waals surface area contributed by atoms with E-state index >= 15 is 0 Å². The van der Waals surface area contributed by atoms with Crippen molar-refractivity contribution in [2.45, 2.75) is 12.5 Å². The lowest BCUT2D eigenvalue weighted by Gasteiger charge is -2.38. The Bertz CT molecular complexity index is 644. The molecule has 2 aliphatic rings. The van der Waals surface area contributed by atoms with E-state index in [1.54, 1.807) is 31.2 Å². The average molecular weight is 290 g/mol. The molecule has 2 N–H and O–H groups in total. The second kappa shape index (κ2) is 4.47. The van der Waals surface area contributed by atoms with Crippen molar-refractivity contribution in [2.75, 3.05) is 13.2 Å². The molecule has 0 aliphatic carbocycles. The Kier molecular flexibility index (Phi) is 2.86. The zero-order chi connectivity index (χ0) is 15.2. The van der Waals surface area contributed by atoms with Gasteiger partial charge in [0, 0.05) is 11.5 Å². The van der Waals surface area contributed by atoms with Gasteiger partial charge in [0.1, 0.15) is 12.3 Å². The average Bonchev–Trinajstić information content (AvgIpc) is 2.69. The zero-order valence-corrected chi connectivity index (χ0v) is 11.3. The molecule has 0 radical (unpaired) electrons. The number of rotatable bonds is 2. The Morgan fingerprint density at radius 1 is 1.48 bits per heavy atom. The molecule has 1 spiro atoms. The molecular formula is C14H14N2O5. The molecule has 1 aromatic rings. The zero-order valence-electron chi connectivity index (χ0n) is 11.3. The van der Waals surface area contributed by atoms with Crippen molar-refractivity contribution < 1.29 is 24.2 Å². The summed E-state index contributed by atoms with van der Waals surface area (Å²) >= 11 is 0. The van der Waals surface area contributed by atoms with E-state index in [-0.39, 0.29) is 12.5 Å². The summed E-state index contributed by atoms with van der Waals surface area (Å²) in [4.78, 5) is 36.3. The highest BCUT2D eigenvalue weighted by atomic mass is 16.5. The van der Waals surface area contributed by atoms with Crippen LogP contribution in [0.15, 0.2) is 24.3 Å². The summed E-state index contributed by atoms with van der Waals surface area (Å²) in [6.07, 6.45) is 0. The summed E-state index contributed by atoms with van der Waals surface area (Å²) in [7, 11) is 0. The number of amides is 3. The summed E-state index contributed by atoms with van der Waals surface area (Å²) in [5, 5.41) is 11.5. The minimum atomic E-state index is -1.25. The Hall–Kier alpha value is -2.57. The van der Waals surface area contributed by atoms with Gasteiger partial charge in [-0.05, 0) is 6.07 Å². The number of imide groups is 1. The van der Waals surface area contributed by atoms with Gasteiger partial charge in [0.15, 0.2) is 5.54 Å². The molecule has 1 fully saturated rings. The minimum absolute atomic E-state index is 0.268. The monoisotopic (exact) mass is 290 g/mol. The highest BCUT2D eigenvalue weighted by Gasteiger charge is 2.58. The molecule has 110 valence electrons. The van der Waals surface area contributed by atoms with Crippen LogP contribution in [0.2, 0.25) is 0 Å². The maximum atomic E-state index is 12.7. The number of urea groups is 1. The van der Waals surface area contributed by atoms with Crippen molar-refractivity contribution in [2.24, 2.45) is 5.92 Å². The molecule has 7 heteroatoms. The molecule has 0 saturated carbocycles. The number of hydrogen-bond donors (Lipinski definition) is 2. The second-order valence-electron chi connectivity index (χ2n) is 5.23. The molecule has 1 saturated heterocycles. The van der Waals surface area contributed by atoms with Gasteiger partial charge in [-0.2, -0.15) is 0 Å². The number of hydrogen-bond acceptors (Lipinski definition) is 4. The van der Waals surface area contributed by atoms with E-state index in [2.05, 4.69) is 5.32 Å². The lowest BCUT2D eigenvalue weighted by Crippen LogP contribution is -2.53. The number of carboxylic acids is 1. The number of para-hydroxylation sites is 1. The number of ether oxygens (including phenoxy) is 1. The van der Waals surface area contributed by atoms with Gasteiger partial charge in [0.05, 0.1) is 6.61 Å². The quantitative estimate of drug-likeness (QED) is 0.775. The smallest absolute Gasteiger partial charge is 0.325 e. The first-order valence-electron chi connectivity index (χ1n) is 6.55. The molecule has 7 nitrogen and oxygen atoms in total. The third-order valence-electron chi connectivity index (χ3n) is 3.97. The van der Waals surface area contributed by atoms with Crippen molar-refractivity contribution in [3.05, 3.63) is 29.8 Å². The molecule has 0 aromatic heterocycles. The van der Waals surface area contributed by atoms with Gasteiger partial charge in [-0.15, -0.1) is 0 Å². The van der Waals surface area contributed by atoms with Crippen LogP contribution in [-0.2, 0) is 15.1 Å². The number of carboxylic acid groups (broad SMARTS) is 1. The number of fused-ring (bicyclic) bond motifs is 2. The third kappa shape index (κ3) is 1.77. The molecule has 3 rings (SSSR count). The molecule has 2 unspecified atom stereocenters. The number of nitrogens with one attached hydrogen (secondary N) is 1. The lowest BCUT2D eigenvalue weighted by atomic mass is 9.77. The van der Waals surface area contributed by atoms with Crippen molar-refractivity contribution >= 4 is 17.9 Å². The van der Waals surface area contributed by atoms with Crippen molar-refractivity contribution in [1.82, 2.24) is 10.2 Å². The van der Waals surface area contributed by atoms with E-state index in [0.717, 1.165) is 4.90 Å². The first kappa shape index (κ1) is 13.4. The lowest BCUT2D eigenvalue weighted by molar-refractivity contribution is -0.144. The predicted molar refractivity (Wildman–Crippen MR) is 70.7 cm³/mol. The number of benzene rings is 1. The van der Waals surface area contributed by atoms with Crippen LogP contribution in [0.5, 0.6) is 5.75 Å². The van der Waals surface area contributed by atoms with E-state index in [0.29, 0.717) is 11.3 Å². The first-order valence-corrected chi connectivity index (χ1v) is 6.55. The maximum Gasteiger partial charge on any atom is 0.325 e. The Labute approximate surface area is 120 Å². The van der Waals surface area contributed by atoms with Gasteiger partial charge < -0.3 is 15.2 Å². The largest absolute Gasteiger partial charge is 0.493 e. The topological polar surface area (TPSA) is 95.9 Å². The Morgan fingerprint density at radius 2 is 2.19 bits per heavy atom. The maximum absolute atomic E-state index is 12.7. The van der Waals surface area contributed by atoms with Crippen molar-refractivity contribution in [1.29, 1.82) is 0 Å². The molecule has 2 heterocycles. The first-order chi connectivity index (χ1) is 9.96. The van der Waals surface area contributed by atoms with Crippen LogP contribution in [-0.4, -0.2) is 41.1 Å². The van der Waals surface area contributed by atoms with Crippen LogP contribution in [0.25, 0.3) is 0 Å². The van der Waals surface area contributed by atoms with Gasteiger partial charge in [-0.3, -0.25) is 14.5 Å². The second-order valence-corrected chi connectivity index (χ2v) is 5.23. The van der Waals surface area contributed by atoms with Gasteiger partial charge in [-0.25, -0.2) is 4.79 Å². The van der Waals surface area contributed by atoms with E-state index < -0.39 is 30.0 Å². The van der Waals surface area contributed by atoms with Gasteiger partial charge in [-0.1, -0.05) is 25.1 Å². The summed E-state index contributed by atoms with van der Waals surface area (Å²) in [6, 6.07) is 6.28. The van der Waals surface area contributed by atoms with Crippen LogP contribution in [0.3, 0.4) is 0 Å². The Morgan fingerprint density at radius 3 is 2.90 bits per heavy atom. The SMILES string of the molecule is CC1COc2ccccc2C12NC(=O)N(CC(=O)O)C2=O. The van der Waals surface area contributed by atoms with Gasteiger partial charge in [0.2, 0.25) is 0 Å². The van der Waals surface area contributed by atoms with E-state index in [1.807, 2.05) is 0 Å². The fourth-order valence-corrected chi connectivity index (χ4v) is 2.91. The van der Waals surface area contributed by atoms with Crippen LogP contribution in [0, 0.1) is 5.92 Å². The van der Waals surface area contributed by atoms with E-state index in [9.17, 15) is 14.4 Å². The van der Waals surface area contributed by atoms with E-state index in [1.165, 1.54) is 0 Å². The number of carbonyl (C=O) groups is 3. The highest BCUT2D eigenvalue weighted by molar-refractivity contribution is 6.09. The molecule has 21 heavy (non-hydrogen) atoms. The number of nitrogens with zero attached hydrogens (tertiary/aromatic N) is 1. The summed E-state index contributed by atoms with van der Waals surface area (Å²) in [5.41, 5.74) is -0.684. The fraction of sp³-hybridized carbons (Fsp3) is 0.357. The molecular weight excluding hydrogens is 276 g/mol. The summed E-state index contributed by atoms with van der Waals surface area (Å²) < 4.78 is 5.58. The van der Waals surface area contributed by atoms with Crippen LogP contribution >= 0.6 is 0 Å². The molecule has 1 aromatic carbocycles. The van der Waals surface area contributed by atoms with Crippen LogP contribution < -0.4 is 10.1 Å². The molecule has 2 atom stereocenters. The third-order valence-corrected chi connectivity index (χ3v) is 3.97. The number of carbonyl (C=O) groups excluding carboxylic acids is 2. The van der Waals surface area contributed by atoms with Crippen molar-refractivity contribution in [3.63, 3.8) is 0 Å². The molecule has 0 bridgehead atoms. The van der Waals surface area contributed by atoms with Crippen LogP contribution in [0.1, 0.15) is 12.5 Å². The highest BCUT2D eigenvalue weighted by Crippen LogP contribution is 2.43. The summed E-state index contributed by atoms with van der Waals surface area (Å²) in [5.74, 6) is -1.55. The normalized spacial score (nSPS) is 27.3. The standard InChI is InChI=1S/C14H14N2O5/c1-8-7-21-10-5-3-2-4-9(10)14(8)12(19)16(6-11(17)18)13(20)15-14/h2-5,8H,6-7H2,1H3,(H,15,20)(H,17,18). The molecule has 2 aliphatic heterocycles. The predicted octanol–water partition coefficient (Wildman–Crippen LogP) is 0.547. The minimum Gasteiger partial charge on any atom is -0.493 e. The van der Waals surface area contributed by atoms with Crippen molar-refractivity contribution in [3.8, 4) is 5.75 Å². The molecule has 3 amide bonds. The van der Waals surface area contributed by atoms with E-state index in [4.69, 9.17) is 9.84 Å². The van der Waals surface area contributed by atoms with Gasteiger partial charge >= 0.3 is 12.0 Å². The van der Waals surface area contributed by atoms with Crippen LogP contribution in [0.4, 0.5) is 4.79 Å². The Balaban J connectivity index is 2.11. The fourth-order valence-electron chi connectivity index (χ4n) is 2.91. The van der Waals surface area contributed by atoms with Gasteiger partial charge in [0.25, 0.3) is 5.91 Å². The number of aliphatic carboxylic acids is 1.